The van der Waals surface area contributed by atoms with E-state index in [1.165, 1.54) is 30.6 Å². The highest BCUT2D eigenvalue weighted by atomic mass is 35.5. The summed E-state index contributed by atoms with van der Waals surface area (Å²) >= 11 is 13.3. The first-order valence-corrected chi connectivity index (χ1v) is 7.80. The molecule has 2 rings (SSSR count). The van der Waals surface area contributed by atoms with Gasteiger partial charge >= 0.3 is 0 Å². The normalized spacial score (nSPS) is 10.2. The van der Waals surface area contributed by atoms with E-state index in [2.05, 4.69) is 11.4 Å². The second-order valence-electron chi connectivity index (χ2n) is 4.52. The monoisotopic (exact) mass is 354 g/mol. The van der Waals surface area contributed by atoms with E-state index in [1.807, 2.05) is 13.8 Å². The summed E-state index contributed by atoms with van der Waals surface area (Å²) in [7, 11) is 1.42. The molecule has 0 atom stereocenters. The van der Waals surface area contributed by atoms with E-state index in [0.717, 1.165) is 10.4 Å². The molecule has 0 unspecified atom stereocenters. The highest BCUT2D eigenvalue weighted by molar-refractivity contribution is 7.16. The van der Waals surface area contributed by atoms with Crippen LogP contribution in [0.15, 0.2) is 12.1 Å². The lowest BCUT2D eigenvalue weighted by Crippen LogP contribution is -2.13. The molecular weight excluding hydrogens is 343 g/mol. The molecule has 0 spiro atoms. The Bertz CT molecular complexity index is 794. The van der Waals surface area contributed by atoms with Crippen LogP contribution in [0.2, 0.25) is 10.0 Å². The number of methoxy groups -OCH3 is 1. The fourth-order valence-electron chi connectivity index (χ4n) is 1.96. The molecule has 114 valence electrons. The number of carbonyl (C=O) groups is 1. The van der Waals surface area contributed by atoms with Gasteiger partial charge in [0.2, 0.25) is 0 Å². The summed E-state index contributed by atoms with van der Waals surface area (Å²) in [5.74, 6) is -0.189. The fraction of sp³-hybridized carbons (Fsp3) is 0.200. The fourth-order valence-corrected chi connectivity index (χ4v) is 3.53. The minimum atomic E-state index is -0.431. The molecule has 0 aliphatic carbocycles. The summed E-state index contributed by atoms with van der Waals surface area (Å²) in [6.45, 7) is 3.74. The summed E-state index contributed by atoms with van der Waals surface area (Å²) < 4.78 is 5.16. The standard InChI is InChI=1S/C15H12Cl2N2O2S/c1-7-8(2)22-15(11(7)6-18)19-14(20)10-4-9(16)5-12(17)13(10)21-3/h4-5H,1-3H3,(H,19,20). The third kappa shape index (κ3) is 3.05. The van der Waals surface area contributed by atoms with E-state index in [0.29, 0.717) is 15.6 Å². The van der Waals surface area contributed by atoms with Gasteiger partial charge in [-0.1, -0.05) is 23.2 Å². The van der Waals surface area contributed by atoms with E-state index >= 15 is 0 Å². The van der Waals surface area contributed by atoms with Crippen LogP contribution in [0, 0.1) is 25.2 Å². The van der Waals surface area contributed by atoms with Gasteiger partial charge in [0.15, 0.2) is 0 Å². The number of nitrogens with one attached hydrogen (secondary N) is 1. The quantitative estimate of drug-likeness (QED) is 0.860. The molecule has 1 amide bonds. The van der Waals surface area contributed by atoms with Gasteiger partial charge in [-0.25, -0.2) is 0 Å². The Morgan fingerprint density at radius 1 is 1.36 bits per heavy atom. The molecule has 0 aliphatic rings. The lowest BCUT2D eigenvalue weighted by atomic mass is 10.1. The van der Waals surface area contributed by atoms with Gasteiger partial charge in [-0.3, -0.25) is 4.79 Å². The number of hydrogen-bond donors (Lipinski definition) is 1. The van der Waals surface area contributed by atoms with Crippen molar-refractivity contribution in [2.75, 3.05) is 12.4 Å². The number of aryl methyl sites for hydroxylation is 1. The maximum atomic E-state index is 12.5. The van der Waals surface area contributed by atoms with Crippen LogP contribution in [0.1, 0.15) is 26.4 Å². The minimum absolute atomic E-state index is 0.215. The Kier molecular flexibility index (Phi) is 4.97. The van der Waals surface area contributed by atoms with Crippen LogP contribution in [-0.2, 0) is 0 Å². The summed E-state index contributed by atoms with van der Waals surface area (Å²) in [5, 5.41) is 13.0. The van der Waals surface area contributed by atoms with Crippen LogP contribution in [0.3, 0.4) is 0 Å². The highest BCUT2D eigenvalue weighted by Gasteiger charge is 2.20. The zero-order valence-corrected chi connectivity index (χ0v) is 14.4. The average Bonchev–Trinajstić information content (AvgIpc) is 2.72. The SMILES string of the molecule is COc1c(Cl)cc(Cl)cc1C(=O)Nc1sc(C)c(C)c1C#N. The predicted molar refractivity (Wildman–Crippen MR) is 89.5 cm³/mol. The van der Waals surface area contributed by atoms with Gasteiger partial charge in [-0.05, 0) is 31.5 Å². The molecule has 0 saturated carbocycles. The zero-order valence-electron chi connectivity index (χ0n) is 12.1. The topological polar surface area (TPSA) is 62.1 Å². The van der Waals surface area contributed by atoms with Crippen molar-refractivity contribution in [3.63, 3.8) is 0 Å². The molecule has 22 heavy (non-hydrogen) atoms. The molecule has 0 fully saturated rings. The summed E-state index contributed by atoms with van der Waals surface area (Å²) in [5.41, 5.74) is 1.54. The zero-order chi connectivity index (χ0) is 16.4. The van der Waals surface area contributed by atoms with Crippen molar-refractivity contribution in [1.29, 1.82) is 5.26 Å². The van der Waals surface area contributed by atoms with Crippen LogP contribution in [0.25, 0.3) is 0 Å². The molecule has 4 nitrogen and oxygen atoms in total. The van der Waals surface area contributed by atoms with E-state index < -0.39 is 5.91 Å². The van der Waals surface area contributed by atoms with Crippen LogP contribution in [-0.4, -0.2) is 13.0 Å². The van der Waals surface area contributed by atoms with Crippen molar-refractivity contribution < 1.29 is 9.53 Å². The van der Waals surface area contributed by atoms with Gasteiger partial charge in [0.1, 0.15) is 16.8 Å². The lowest BCUT2D eigenvalue weighted by molar-refractivity contribution is 0.102. The van der Waals surface area contributed by atoms with Gasteiger partial charge in [0.25, 0.3) is 5.91 Å². The number of anilines is 1. The number of hydrogen-bond acceptors (Lipinski definition) is 4. The first-order valence-electron chi connectivity index (χ1n) is 6.23. The Morgan fingerprint density at radius 3 is 2.64 bits per heavy atom. The Morgan fingerprint density at radius 2 is 2.05 bits per heavy atom. The van der Waals surface area contributed by atoms with Gasteiger partial charge in [-0.15, -0.1) is 11.3 Å². The number of ether oxygens (including phenoxy) is 1. The maximum Gasteiger partial charge on any atom is 0.260 e. The third-order valence-corrected chi connectivity index (χ3v) is 4.80. The third-order valence-electron chi connectivity index (χ3n) is 3.18. The van der Waals surface area contributed by atoms with Crippen molar-refractivity contribution in [3.8, 4) is 11.8 Å². The van der Waals surface area contributed by atoms with Crippen LogP contribution < -0.4 is 10.1 Å². The Balaban J connectivity index is 2.43. The lowest BCUT2D eigenvalue weighted by Gasteiger charge is -2.11. The van der Waals surface area contributed by atoms with Crippen LogP contribution in [0.5, 0.6) is 5.75 Å². The van der Waals surface area contributed by atoms with Gasteiger partial charge in [0, 0.05) is 9.90 Å². The number of amides is 1. The Hall–Kier alpha value is -1.74. The largest absolute Gasteiger partial charge is 0.494 e. The number of rotatable bonds is 3. The first kappa shape index (κ1) is 16.6. The molecule has 1 aromatic carbocycles. The molecule has 2 aromatic rings. The second-order valence-corrected chi connectivity index (χ2v) is 6.59. The van der Waals surface area contributed by atoms with Gasteiger partial charge in [-0.2, -0.15) is 5.26 Å². The van der Waals surface area contributed by atoms with Crippen molar-refractivity contribution in [2.24, 2.45) is 0 Å². The maximum absolute atomic E-state index is 12.5. The number of halogens is 2. The van der Waals surface area contributed by atoms with Crippen LogP contribution in [0.4, 0.5) is 5.00 Å². The summed E-state index contributed by atoms with van der Waals surface area (Å²) in [4.78, 5) is 13.5. The summed E-state index contributed by atoms with van der Waals surface area (Å²) in [6, 6.07) is 5.08. The first-order chi connectivity index (χ1) is 10.4. The summed E-state index contributed by atoms with van der Waals surface area (Å²) in [6.07, 6.45) is 0. The molecule has 0 bridgehead atoms. The van der Waals surface area contributed by atoms with Crippen LogP contribution >= 0.6 is 34.5 Å². The number of nitrogens with zero attached hydrogens (tertiary/aromatic N) is 1. The minimum Gasteiger partial charge on any atom is -0.494 e. The number of thiophene rings is 1. The second kappa shape index (κ2) is 6.57. The number of benzene rings is 1. The van der Waals surface area contributed by atoms with Crippen molar-refractivity contribution in [2.45, 2.75) is 13.8 Å². The van der Waals surface area contributed by atoms with E-state index in [9.17, 15) is 10.1 Å². The molecule has 1 aromatic heterocycles. The average molecular weight is 355 g/mol. The highest BCUT2D eigenvalue weighted by Crippen LogP contribution is 2.35. The van der Waals surface area contributed by atoms with E-state index in [1.54, 1.807) is 0 Å². The van der Waals surface area contributed by atoms with Crippen molar-refractivity contribution in [1.82, 2.24) is 0 Å². The molecule has 1 heterocycles. The molecule has 1 N–H and O–H groups in total. The van der Waals surface area contributed by atoms with E-state index in [4.69, 9.17) is 27.9 Å². The number of carbonyl (C=O) groups excluding carboxylic acids is 1. The molecule has 0 aliphatic heterocycles. The van der Waals surface area contributed by atoms with Crippen molar-refractivity contribution >= 4 is 45.4 Å². The molecule has 0 saturated heterocycles. The van der Waals surface area contributed by atoms with Gasteiger partial charge < -0.3 is 10.1 Å². The molecule has 7 heteroatoms. The van der Waals surface area contributed by atoms with Crippen molar-refractivity contribution in [3.05, 3.63) is 43.7 Å². The smallest absolute Gasteiger partial charge is 0.260 e. The van der Waals surface area contributed by atoms with E-state index in [-0.39, 0.29) is 16.3 Å². The molecular formula is C15H12Cl2N2O2S. The Labute approximate surface area is 142 Å². The number of nitriles is 1. The molecule has 0 radical (unpaired) electrons. The predicted octanol–water partition coefficient (Wildman–Crippen LogP) is 4.80. The van der Waals surface area contributed by atoms with Gasteiger partial charge in [0.05, 0.1) is 23.3 Å².